The minimum Gasteiger partial charge on any atom is -0.0649 e. The molecule has 16 heavy (non-hydrogen) atoms. The summed E-state index contributed by atoms with van der Waals surface area (Å²) in [5.74, 6) is 6.57. The van der Waals surface area contributed by atoms with Gasteiger partial charge in [0.1, 0.15) is 0 Å². The van der Waals surface area contributed by atoms with Gasteiger partial charge in [0.2, 0.25) is 0 Å². The summed E-state index contributed by atoms with van der Waals surface area (Å²) >= 11 is 0. The third kappa shape index (κ3) is 1.34. The zero-order chi connectivity index (χ0) is 11.5. The second kappa shape index (κ2) is 3.50. The molecule has 0 radical (unpaired) electrons. The Labute approximate surface area is 101 Å². The van der Waals surface area contributed by atoms with Crippen molar-refractivity contribution >= 4 is 0 Å². The fraction of sp³-hybridized carbons (Fsp3) is 1.00. The zero-order valence-electron chi connectivity index (χ0n) is 11.5. The Hall–Kier alpha value is 0. The summed E-state index contributed by atoms with van der Waals surface area (Å²) < 4.78 is 0. The van der Waals surface area contributed by atoms with E-state index in [4.69, 9.17) is 0 Å². The van der Waals surface area contributed by atoms with Gasteiger partial charge < -0.3 is 0 Å². The van der Waals surface area contributed by atoms with Gasteiger partial charge >= 0.3 is 0 Å². The second-order valence-corrected chi connectivity index (χ2v) is 7.68. The highest BCUT2D eigenvalue weighted by molar-refractivity contribution is 5.08. The van der Waals surface area contributed by atoms with E-state index in [2.05, 4.69) is 27.7 Å². The van der Waals surface area contributed by atoms with E-state index in [1.54, 1.807) is 25.7 Å². The highest BCUT2D eigenvalue weighted by Crippen LogP contribution is 2.67. The van der Waals surface area contributed by atoms with E-state index in [1.807, 2.05) is 0 Å². The number of hydrogen-bond donors (Lipinski definition) is 0. The maximum atomic E-state index is 2.54. The van der Waals surface area contributed by atoms with Crippen molar-refractivity contribution in [1.82, 2.24) is 0 Å². The molecule has 0 amide bonds. The predicted molar refractivity (Wildman–Crippen MR) is 69.2 cm³/mol. The van der Waals surface area contributed by atoms with Gasteiger partial charge in [-0.3, -0.25) is 0 Å². The van der Waals surface area contributed by atoms with Crippen LogP contribution in [-0.4, -0.2) is 0 Å². The van der Waals surface area contributed by atoms with Crippen LogP contribution in [0.2, 0.25) is 0 Å². The van der Waals surface area contributed by atoms with E-state index < -0.39 is 0 Å². The SMILES string of the molecule is CCC(C)(C)C1C2CCC1C1CC(C)CC12. The van der Waals surface area contributed by atoms with Crippen molar-refractivity contribution in [1.29, 1.82) is 0 Å². The van der Waals surface area contributed by atoms with Crippen LogP contribution in [0.25, 0.3) is 0 Å². The molecule has 0 aromatic rings. The molecule has 0 aliphatic heterocycles. The average molecular weight is 220 g/mol. The van der Waals surface area contributed by atoms with Crippen LogP contribution < -0.4 is 0 Å². The van der Waals surface area contributed by atoms with Crippen molar-refractivity contribution in [3.05, 3.63) is 0 Å². The number of rotatable bonds is 2. The summed E-state index contributed by atoms with van der Waals surface area (Å²) in [5, 5.41) is 0. The van der Waals surface area contributed by atoms with Gasteiger partial charge in [0.05, 0.1) is 0 Å². The van der Waals surface area contributed by atoms with Crippen LogP contribution in [0.4, 0.5) is 0 Å². The second-order valence-electron chi connectivity index (χ2n) is 7.68. The van der Waals surface area contributed by atoms with Gasteiger partial charge in [-0.2, -0.15) is 0 Å². The lowest BCUT2D eigenvalue weighted by Crippen LogP contribution is -2.28. The maximum Gasteiger partial charge on any atom is -0.0301 e. The maximum absolute atomic E-state index is 2.54. The molecule has 0 saturated heterocycles. The molecule has 3 aliphatic rings. The molecule has 0 N–H and O–H groups in total. The molecule has 0 aromatic carbocycles. The van der Waals surface area contributed by atoms with Gasteiger partial charge in [-0.05, 0) is 66.6 Å². The van der Waals surface area contributed by atoms with Gasteiger partial charge in [-0.25, -0.2) is 0 Å². The lowest BCUT2D eigenvalue weighted by Gasteiger charge is -2.35. The first kappa shape index (κ1) is 11.1. The molecule has 0 spiro atoms. The lowest BCUT2D eigenvalue weighted by atomic mass is 9.70. The molecule has 0 nitrogen and oxygen atoms in total. The van der Waals surface area contributed by atoms with E-state index in [-0.39, 0.29) is 0 Å². The molecule has 3 rings (SSSR count). The zero-order valence-corrected chi connectivity index (χ0v) is 11.5. The van der Waals surface area contributed by atoms with Crippen molar-refractivity contribution in [2.24, 2.45) is 40.9 Å². The molecule has 4 atom stereocenters. The third-order valence-electron chi connectivity index (χ3n) is 6.57. The highest BCUT2D eigenvalue weighted by Gasteiger charge is 2.59. The van der Waals surface area contributed by atoms with E-state index >= 15 is 0 Å². The van der Waals surface area contributed by atoms with E-state index in [1.165, 1.54) is 6.42 Å². The van der Waals surface area contributed by atoms with E-state index in [9.17, 15) is 0 Å². The standard InChI is InChI=1S/C16H28/c1-5-16(3,4)15-11-6-7-12(15)14-9-10(2)8-13(11)14/h10-15H,5-9H2,1-4H3. The molecular formula is C16H28. The number of fused-ring (bicyclic) bond motifs is 5. The van der Waals surface area contributed by atoms with Gasteiger partial charge in [0.25, 0.3) is 0 Å². The highest BCUT2D eigenvalue weighted by atomic mass is 14.6. The summed E-state index contributed by atoms with van der Waals surface area (Å²) in [6.07, 6.45) is 7.61. The minimum atomic E-state index is 0.611. The topological polar surface area (TPSA) is 0 Å². The van der Waals surface area contributed by atoms with Crippen LogP contribution in [0, 0.1) is 40.9 Å². The molecule has 3 aliphatic carbocycles. The Morgan fingerprint density at radius 1 is 0.938 bits per heavy atom. The predicted octanol–water partition coefficient (Wildman–Crippen LogP) is 4.74. The molecule has 0 aromatic heterocycles. The first-order valence-electron chi connectivity index (χ1n) is 7.54. The van der Waals surface area contributed by atoms with Crippen molar-refractivity contribution in [2.75, 3.05) is 0 Å². The fourth-order valence-corrected chi connectivity index (χ4v) is 5.78. The van der Waals surface area contributed by atoms with Crippen molar-refractivity contribution < 1.29 is 0 Å². The molecule has 0 heteroatoms. The quantitative estimate of drug-likeness (QED) is 0.630. The Bertz CT molecular complexity index is 258. The summed E-state index contributed by atoms with van der Waals surface area (Å²) in [7, 11) is 0. The molecular weight excluding hydrogens is 192 g/mol. The minimum absolute atomic E-state index is 0.611. The monoisotopic (exact) mass is 220 g/mol. The first-order valence-corrected chi connectivity index (χ1v) is 7.54. The summed E-state index contributed by atoms with van der Waals surface area (Å²) in [6.45, 7) is 9.95. The Morgan fingerprint density at radius 2 is 1.44 bits per heavy atom. The molecule has 3 fully saturated rings. The van der Waals surface area contributed by atoms with Gasteiger partial charge in [-0.15, -0.1) is 0 Å². The largest absolute Gasteiger partial charge is 0.0649 e. The van der Waals surface area contributed by atoms with Crippen LogP contribution in [0.1, 0.15) is 59.8 Å². The fourth-order valence-electron chi connectivity index (χ4n) is 5.78. The smallest absolute Gasteiger partial charge is 0.0301 e. The van der Waals surface area contributed by atoms with Gasteiger partial charge in [-0.1, -0.05) is 34.1 Å². The average Bonchev–Trinajstić information content (AvgIpc) is 2.85. The Kier molecular flexibility index (Phi) is 2.43. The van der Waals surface area contributed by atoms with Crippen LogP contribution in [0.15, 0.2) is 0 Å². The summed E-state index contributed by atoms with van der Waals surface area (Å²) in [6, 6.07) is 0. The summed E-state index contributed by atoms with van der Waals surface area (Å²) in [4.78, 5) is 0. The molecule has 3 saturated carbocycles. The van der Waals surface area contributed by atoms with Crippen LogP contribution in [0.5, 0.6) is 0 Å². The molecule has 0 heterocycles. The van der Waals surface area contributed by atoms with Crippen LogP contribution in [-0.2, 0) is 0 Å². The third-order valence-corrected chi connectivity index (χ3v) is 6.57. The van der Waals surface area contributed by atoms with Crippen molar-refractivity contribution in [2.45, 2.75) is 59.8 Å². The first-order chi connectivity index (χ1) is 7.54. The summed E-state index contributed by atoms with van der Waals surface area (Å²) in [5.41, 5.74) is 0.611. The number of hydrogen-bond acceptors (Lipinski definition) is 0. The van der Waals surface area contributed by atoms with E-state index in [0.717, 1.165) is 35.5 Å². The lowest BCUT2D eigenvalue weighted by molar-refractivity contribution is 0.133. The van der Waals surface area contributed by atoms with E-state index in [0.29, 0.717) is 5.41 Å². The van der Waals surface area contributed by atoms with Gasteiger partial charge in [0, 0.05) is 0 Å². The van der Waals surface area contributed by atoms with Crippen molar-refractivity contribution in [3.63, 3.8) is 0 Å². The molecule has 2 bridgehead atoms. The molecule has 92 valence electrons. The van der Waals surface area contributed by atoms with Gasteiger partial charge in [0.15, 0.2) is 0 Å². The molecule has 4 unspecified atom stereocenters. The normalized spacial score (nSPS) is 51.0. The van der Waals surface area contributed by atoms with Crippen LogP contribution >= 0.6 is 0 Å². The van der Waals surface area contributed by atoms with Crippen molar-refractivity contribution in [3.8, 4) is 0 Å². The Balaban J connectivity index is 1.86. The Morgan fingerprint density at radius 3 is 1.88 bits per heavy atom. The van der Waals surface area contributed by atoms with Crippen LogP contribution in [0.3, 0.4) is 0 Å².